The molecular formula is C21H24N4O. The summed E-state index contributed by atoms with van der Waals surface area (Å²) in [5, 5.41) is 10.0. The van der Waals surface area contributed by atoms with E-state index in [1.54, 1.807) is 7.11 Å². The number of ether oxygens (including phenoxy) is 1. The van der Waals surface area contributed by atoms with Gasteiger partial charge in [0.15, 0.2) is 0 Å². The van der Waals surface area contributed by atoms with Crippen LogP contribution in [-0.4, -0.2) is 46.3 Å². The van der Waals surface area contributed by atoms with E-state index >= 15 is 0 Å². The van der Waals surface area contributed by atoms with Gasteiger partial charge in [-0.05, 0) is 50.1 Å². The second-order valence-corrected chi connectivity index (χ2v) is 6.98. The molecule has 1 saturated heterocycles. The van der Waals surface area contributed by atoms with Gasteiger partial charge in [0.2, 0.25) is 5.88 Å². The van der Waals surface area contributed by atoms with Crippen molar-refractivity contribution in [3.63, 3.8) is 0 Å². The predicted octanol–water partition coefficient (Wildman–Crippen LogP) is 3.73. The Morgan fingerprint density at radius 3 is 2.73 bits per heavy atom. The summed E-state index contributed by atoms with van der Waals surface area (Å²) in [6.45, 7) is 4.59. The van der Waals surface area contributed by atoms with Crippen LogP contribution in [0.1, 0.15) is 25.5 Å². The molecule has 26 heavy (non-hydrogen) atoms. The van der Waals surface area contributed by atoms with Gasteiger partial charge in [-0.1, -0.05) is 12.1 Å². The highest BCUT2D eigenvalue weighted by molar-refractivity contribution is 5.83. The number of benzene rings is 1. The summed E-state index contributed by atoms with van der Waals surface area (Å²) in [5.41, 5.74) is 4.11. The predicted molar refractivity (Wildman–Crippen MR) is 103 cm³/mol. The number of likely N-dealkylation sites (tertiary alicyclic amines) is 1. The van der Waals surface area contributed by atoms with Crippen molar-refractivity contribution >= 4 is 10.9 Å². The Morgan fingerprint density at radius 1 is 1.12 bits per heavy atom. The van der Waals surface area contributed by atoms with Crippen LogP contribution in [0.5, 0.6) is 5.88 Å². The lowest BCUT2D eigenvalue weighted by atomic mass is 10.1. The highest BCUT2D eigenvalue weighted by atomic mass is 16.5. The molecular weight excluding hydrogens is 324 g/mol. The molecule has 1 atom stereocenters. The molecule has 3 heterocycles. The molecule has 1 aliphatic heterocycles. The van der Waals surface area contributed by atoms with Crippen LogP contribution >= 0.6 is 0 Å². The first-order chi connectivity index (χ1) is 12.7. The summed E-state index contributed by atoms with van der Waals surface area (Å²) in [4.78, 5) is 6.82. The summed E-state index contributed by atoms with van der Waals surface area (Å²) in [6, 6.07) is 13.0. The van der Waals surface area contributed by atoms with Crippen molar-refractivity contribution in [3.05, 3.63) is 48.3 Å². The Balaban J connectivity index is 1.52. The summed E-state index contributed by atoms with van der Waals surface area (Å²) < 4.78 is 5.12. The third-order valence-corrected chi connectivity index (χ3v) is 5.26. The lowest BCUT2D eigenvalue weighted by Gasteiger charge is -2.20. The molecule has 0 radical (unpaired) electrons. The molecule has 0 unspecified atom stereocenters. The number of pyridine rings is 1. The van der Waals surface area contributed by atoms with Crippen molar-refractivity contribution in [2.24, 2.45) is 0 Å². The second-order valence-electron chi connectivity index (χ2n) is 6.98. The van der Waals surface area contributed by atoms with Crippen LogP contribution in [0.4, 0.5) is 0 Å². The average Bonchev–Trinajstić information content (AvgIpc) is 3.10. The van der Waals surface area contributed by atoms with E-state index in [0.29, 0.717) is 11.9 Å². The molecule has 5 nitrogen and oxygen atoms in total. The monoisotopic (exact) mass is 348 g/mol. The van der Waals surface area contributed by atoms with E-state index in [1.165, 1.54) is 19.4 Å². The first-order valence-corrected chi connectivity index (χ1v) is 9.24. The van der Waals surface area contributed by atoms with Gasteiger partial charge in [0, 0.05) is 42.2 Å². The minimum atomic E-state index is 0.617. The first-order valence-electron chi connectivity index (χ1n) is 9.24. The van der Waals surface area contributed by atoms with Crippen molar-refractivity contribution < 1.29 is 4.74 Å². The van der Waals surface area contributed by atoms with Crippen LogP contribution in [0.15, 0.2) is 42.6 Å². The SMILES string of the molecule is COc1ccc(-c2ccc3cc(CCN4CCC[C@H]4C)nnc3c2)cn1. The van der Waals surface area contributed by atoms with Gasteiger partial charge in [0.25, 0.3) is 0 Å². The number of nitrogens with zero attached hydrogens (tertiary/aromatic N) is 4. The molecule has 134 valence electrons. The zero-order chi connectivity index (χ0) is 17.9. The van der Waals surface area contributed by atoms with Crippen LogP contribution in [-0.2, 0) is 6.42 Å². The lowest BCUT2D eigenvalue weighted by Crippen LogP contribution is -2.29. The molecule has 0 amide bonds. The fraction of sp³-hybridized carbons (Fsp3) is 0.381. The van der Waals surface area contributed by atoms with Crippen LogP contribution in [0, 0.1) is 0 Å². The average molecular weight is 348 g/mol. The topological polar surface area (TPSA) is 51.1 Å². The van der Waals surface area contributed by atoms with E-state index in [1.807, 2.05) is 18.3 Å². The molecule has 1 aromatic carbocycles. The van der Waals surface area contributed by atoms with Gasteiger partial charge >= 0.3 is 0 Å². The fourth-order valence-electron chi connectivity index (χ4n) is 3.64. The molecule has 5 heteroatoms. The van der Waals surface area contributed by atoms with Crippen molar-refractivity contribution in [2.75, 3.05) is 20.2 Å². The molecule has 0 N–H and O–H groups in total. The highest BCUT2D eigenvalue weighted by Gasteiger charge is 2.19. The highest BCUT2D eigenvalue weighted by Crippen LogP contribution is 2.24. The van der Waals surface area contributed by atoms with Gasteiger partial charge in [0.05, 0.1) is 18.3 Å². The standard InChI is InChI=1S/C21H24N4O/c1-15-4-3-10-25(15)11-9-19-12-17-6-5-16(13-20(17)24-23-19)18-7-8-21(26-2)22-14-18/h5-8,12-15H,3-4,9-11H2,1-2H3/t15-/m1/s1. The molecule has 1 aliphatic rings. The first kappa shape index (κ1) is 16.9. The smallest absolute Gasteiger partial charge is 0.212 e. The molecule has 0 spiro atoms. The minimum absolute atomic E-state index is 0.617. The van der Waals surface area contributed by atoms with Crippen molar-refractivity contribution in [3.8, 4) is 17.0 Å². The van der Waals surface area contributed by atoms with E-state index in [-0.39, 0.29) is 0 Å². The zero-order valence-electron chi connectivity index (χ0n) is 15.4. The van der Waals surface area contributed by atoms with E-state index in [0.717, 1.165) is 40.7 Å². The maximum absolute atomic E-state index is 5.12. The fourth-order valence-corrected chi connectivity index (χ4v) is 3.64. The third-order valence-electron chi connectivity index (χ3n) is 5.26. The molecule has 0 aliphatic carbocycles. The van der Waals surface area contributed by atoms with Crippen LogP contribution in [0.3, 0.4) is 0 Å². The van der Waals surface area contributed by atoms with Gasteiger partial charge in [-0.3, -0.25) is 0 Å². The van der Waals surface area contributed by atoms with Gasteiger partial charge in [0.1, 0.15) is 0 Å². The number of methoxy groups -OCH3 is 1. The molecule has 1 fully saturated rings. The largest absolute Gasteiger partial charge is 0.481 e. The van der Waals surface area contributed by atoms with Crippen molar-refractivity contribution in [2.45, 2.75) is 32.2 Å². The third kappa shape index (κ3) is 3.53. The van der Waals surface area contributed by atoms with Crippen LogP contribution in [0.25, 0.3) is 22.0 Å². The maximum atomic E-state index is 5.12. The summed E-state index contributed by atoms with van der Waals surface area (Å²) >= 11 is 0. The van der Waals surface area contributed by atoms with Gasteiger partial charge < -0.3 is 9.64 Å². The van der Waals surface area contributed by atoms with Gasteiger partial charge in [-0.15, -0.1) is 0 Å². The minimum Gasteiger partial charge on any atom is -0.481 e. The van der Waals surface area contributed by atoms with Crippen molar-refractivity contribution in [1.29, 1.82) is 0 Å². The zero-order valence-corrected chi connectivity index (χ0v) is 15.4. The van der Waals surface area contributed by atoms with E-state index in [9.17, 15) is 0 Å². The lowest BCUT2D eigenvalue weighted by molar-refractivity contribution is 0.271. The maximum Gasteiger partial charge on any atom is 0.212 e. The Hall–Kier alpha value is -2.53. The Bertz CT molecular complexity index is 894. The molecule has 4 rings (SSSR count). The number of hydrogen-bond donors (Lipinski definition) is 0. The van der Waals surface area contributed by atoms with Crippen LogP contribution < -0.4 is 4.74 Å². The number of hydrogen-bond acceptors (Lipinski definition) is 5. The summed E-state index contributed by atoms with van der Waals surface area (Å²) in [6.07, 6.45) is 5.40. The van der Waals surface area contributed by atoms with Crippen molar-refractivity contribution in [1.82, 2.24) is 20.1 Å². The normalized spacial score (nSPS) is 17.7. The molecule has 3 aromatic rings. The number of fused-ring (bicyclic) bond motifs is 1. The van der Waals surface area contributed by atoms with Gasteiger partial charge in [-0.2, -0.15) is 10.2 Å². The van der Waals surface area contributed by atoms with E-state index in [2.05, 4.69) is 51.3 Å². The summed E-state index contributed by atoms with van der Waals surface area (Å²) in [7, 11) is 1.62. The Labute approximate surface area is 154 Å². The van der Waals surface area contributed by atoms with Gasteiger partial charge in [-0.25, -0.2) is 4.98 Å². The van der Waals surface area contributed by atoms with E-state index < -0.39 is 0 Å². The molecule has 0 saturated carbocycles. The number of rotatable bonds is 5. The van der Waals surface area contributed by atoms with E-state index in [4.69, 9.17) is 4.74 Å². The molecule has 0 bridgehead atoms. The Kier molecular flexibility index (Phi) is 4.80. The number of aromatic nitrogens is 3. The second kappa shape index (κ2) is 7.38. The van der Waals surface area contributed by atoms with Crippen LogP contribution in [0.2, 0.25) is 0 Å². The summed E-state index contributed by atoms with van der Waals surface area (Å²) in [5.74, 6) is 0.617. The molecule has 2 aromatic heterocycles. The quantitative estimate of drug-likeness (QED) is 0.703. The Morgan fingerprint density at radius 2 is 2.00 bits per heavy atom.